The van der Waals surface area contributed by atoms with Gasteiger partial charge in [-0.3, -0.25) is 4.79 Å². The van der Waals surface area contributed by atoms with Gasteiger partial charge in [-0.15, -0.1) is 0 Å². The van der Waals surface area contributed by atoms with Crippen LogP contribution in [0, 0.1) is 0 Å². The quantitative estimate of drug-likeness (QED) is 0.779. The van der Waals surface area contributed by atoms with Crippen molar-refractivity contribution in [2.45, 2.75) is 25.3 Å². The van der Waals surface area contributed by atoms with Crippen molar-refractivity contribution in [2.24, 2.45) is 0 Å². The highest BCUT2D eigenvalue weighted by atomic mass is 16.5. The van der Waals surface area contributed by atoms with Crippen molar-refractivity contribution < 1.29 is 14.6 Å². The third-order valence-corrected chi connectivity index (χ3v) is 3.40. The lowest BCUT2D eigenvalue weighted by Gasteiger charge is -2.23. The molecule has 1 aromatic rings. The Labute approximate surface area is 113 Å². The van der Waals surface area contributed by atoms with Gasteiger partial charge in [-0.05, 0) is 25.0 Å². The Morgan fingerprint density at radius 2 is 2.26 bits per heavy atom. The second-order valence-electron chi connectivity index (χ2n) is 4.70. The Hall–Kier alpha value is -1.75. The Balaban J connectivity index is 1.80. The van der Waals surface area contributed by atoms with Crippen molar-refractivity contribution >= 4 is 11.6 Å². The molecule has 3 N–H and O–H groups in total. The van der Waals surface area contributed by atoms with E-state index < -0.39 is 0 Å². The van der Waals surface area contributed by atoms with E-state index in [1.54, 1.807) is 17.0 Å². The van der Waals surface area contributed by atoms with Crippen LogP contribution in [-0.4, -0.2) is 41.7 Å². The van der Waals surface area contributed by atoms with Crippen LogP contribution >= 0.6 is 0 Å². The van der Waals surface area contributed by atoms with Crippen LogP contribution in [0.5, 0.6) is 5.75 Å². The molecule has 0 radical (unpaired) electrons. The molecular weight excluding hydrogens is 244 g/mol. The molecule has 1 fully saturated rings. The first-order valence-electron chi connectivity index (χ1n) is 6.60. The standard InChI is InChI=1S/C14H20N2O3/c15-12-5-1-2-6-13(12)19-9-7-14(18)16-8-3-4-11(16)10-17/h1-2,5-6,11,17H,3-4,7-10,15H2/t11-/m1/s1. The molecule has 1 aromatic carbocycles. The van der Waals surface area contributed by atoms with Crippen LogP contribution in [0.3, 0.4) is 0 Å². The topological polar surface area (TPSA) is 75.8 Å². The van der Waals surface area contributed by atoms with Gasteiger partial charge in [0.1, 0.15) is 5.75 Å². The molecule has 19 heavy (non-hydrogen) atoms. The number of rotatable bonds is 5. The summed E-state index contributed by atoms with van der Waals surface area (Å²) in [5, 5.41) is 9.18. The maximum absolute atomic E-state index is 12.0. The van der Waals surface area contributed by atoms with Gasteiger partial charge in [0.15, 0.2) is 0 Å². The van der Waals surface area contributed by atoms with Gasteiger partial charge in [0.05, 0.1) is 31.4 Å². The number of anilines is 1. The second-order valence-corrected chi connectivity index (χ2v) is 4.70. The van der Waals surface area contributed by atoms with Crippen molar-refractivity contribution in [3.8, 4) is 5.75 Å². The smallest absolute Gasteiger partial charge is 0.226 e. The average Bonchev–Trinajstić information content (AvgIpc) is 2.89. The lowest BCUT2D eigenvalue weighted by Crippen LogP contribution is -2.38. The Kier molecular flexibility index (Phi) is 4.63. The van der Waals surface area contributed by atoms with E-state index in [1.807, 2.05) is 12.1 Å². The molecule has 1 heterocycles. The fourth-order valence-electron chi connectivity index (χ4n) is 2.36. The maximum atomic E-state index is 12.0. The van der Waals surface area contributed by atoms with Gasteiger partial charge in [0.25, 0.3) is 0 Å². The molecule has 5 heteroatoms. The van der Waals surface area contributed by atoms with Crippen molar-refractivity contribution in [3.05, 3.63) is 24.3 Å². The summed E-state index contributed by atoms with van der Waals surface area (Å²) < 4.78 is 5.50. The molecule has 5 nitrogen and oxygen atoms in total. The number of nitrogens with zero attached hydrogens (tertiary/aromatic N) is 1. The zero-order valence-electron chi connectivity index (χ0n) is 10.9. The van der Waals surface area contributed by atoms with Gasteiger partial charge < -0.3 is 20.5 Å². The highest BCUT2D eigenvalue weighted by molar-refractivity contribution is 5.77. The van der Waals surface area contributed by atoms with E-state index in [2.05, 4.69) is 0 Å². The molecule has 1 amide bonds. The van der Waals surface area contributed by atoms with Gasteiger partial charge in [-0.2, -0.15) is 0 Å². The molecule has 1 aliphatic rings. The van der Waals surface area contributed by atoms with Crippen LogP contribution < -0.4 is 10.5 Å². The molecule has 0 bridgehead atoms. The average molecular weight is 264 g/mol. The molecule has 104 valence electrons. The molecule has 1 atom stereocenters. The molecule has 0 spiro atoms. The predicted molar refractivity (Wildman–Crippen MR) is 72.8 cm³/mol. The minimum absolute atomic E-state index is 0.0192. The number of hydrogen-bond acceptors (Lipinski definition) is 4. The summed E-state index contributed by atoms with van der Waals surface area (Å²) in [5.74, 6) is 0.640. The molecule has 0 aliphatic carbocycles. The predicted octanol–water partition coefficient (Wildman–Crippen LogP) is 1.02. The summed E-state index contributed by atoms with van der Waals surface area (Å²) in [4.78, 5) is 13.7. The third-order valence-electron chi connectivity index (χ3n) is 3.40. The third kappa shape index (κ3) is 3.38. The molecule has 0 saturated carbocycles. The van der Waals surface area contributed by atoms with Crippen LogP contribution in [-0.2, 0) is 4.79 Å². The highest BCUT2D eigenvalue weighted by Gasteiger charge is 2.27. The molecule has 1 aliphatic heterocycles. The normalized spacial score (nSPS) is 18.6. The van der Waals surface area contributed by atoms with Crippen molar-refractivity contribution in [2.75, 3.05) is 25.5 Å². The molecule has 1 saturated heterocycles. The number of aliphatic hydroxyl groups excluding tert-OH is 1. The molecule has 0 unspecified atom stereocenters. The SMILES string of the molecule is Nc1ccccc1OCCC(=O)N1CCC[C@@H]1CO. The first-order valence-corrected chi connectivity index (χ1v) is 6.60. The van der Waals surface area contributed by atoms with Gasteiger partial charge in [-0.1, -0.05) is 12.1 Å². The number of carbonyl (C=O) groups excluding carboxylic acids is 1. The number of likely N-dealkylation sites (tertiary alicyclic amines) is 1. The number of nitrogens with two attached hydrogens (primary N) is 1. The molecular formula is C14H20N2O3. The molecule has 0 aromatic heterocycles. The summed E-state index contributed by atoms with van der Waals surface area (Å²) in [5.41, 5.74) is 6.32. The first kappa shape index (κ1) is 13.7. The van der Waals surface area contributed by atoms with E-state index in [0.717, 1.165) is 19.4 Å². The Bertz CT molecular complexity index is 436. The number of nitrogen functional groups attached to an aromatic ring is 1. The van der Waals surface area contributed by atoms with Crippen molar-refractivity contribution in [1.29, 1.82) is 0 Å². The largest absolute Gasteiger partial charge is 0.491 e. The van der Waals surface area contributed by atoms with Gasteiger partial charge >= 0.3 is 0 Å². The van der Waals surface area contributed by atoms with E-state index in [9.17, 15) is 9.90 Å². The fraction of sp³-hybridized carbons (Fsp3) is 0.500. The Morgan fingerprint density at radius 3 is 3.00 bits per heavy atom. The summed E-state index contributed by atoms with van der Waals surface area (Å²) in [6.45, 7) is 1.08. The minimum Gasteiger partial charge on any atom is -0.491 e. The number of carbonyl (C=O) groups is 1. The van der Waals surface area contributed by atoms with E-state index >= 15 is 0 Å². The summed E-state index contributed by atoms with van der Waals surface area (Å²) in [6, 6.07) is 7.21. The van der Waals surface area contributed by atoms with Crippen LogP contribution in [0.4, 0.5) is 5.69 Å². The minimum atomic E-state index is -0.0192. The lowest BCUT2D eigenvalue weighted by atomic mass is 10.2. The summed E-state index contributed by atoms with van der Waals surface area (Å²) >= 11 is 0. The zero-order valence-corrected chi connectivity index (χ0v) is 10.9. The Morgan fingerprint density at radius 1 is 1.47 bits per heavy atom. The number of para-hydroxylation sites is 2. The number of ether oxygens (including phenoxy) is 1. The van der Waals surface area contributed by atoms with E-state index in [4.69, 9.17) is 10.5 Å². The number of amides is 1. The second kappa shape index (κ2) is 6.43. The van der Waals surface area contributed by atoms with Crippen LogP contribution in [0.1, 0.15) is 19.3 Å². The number of hydrogen-bond donors (Lipinski definition) is 2. The number of benzene rings is 1. The fourth-order valence-corrected chi connectivity index (χ4v) is 2.36. The van der Waals surface area contributed by atoms with Crippen molar-refractivity contribution in [3.63, 3.8) is 0 Å². The summed E-state index contributed by atoms with van der Waals surface area (Å²) in [7, 11) is 0. The lowest BCUT2D eigenvalue weighted by molar-refractivity contribution is -0.133. The summed E-state index contributed by atoms with van der Waals surface area (Å²) in [6.07, 6.45) is 2.16. The first-order chi connectivity index (χ1) is 9.22. The van der Waals surface area contributed by atoms with E-state index in [0.29, 0.717) is 24.5 Å². The van der Waals surface area contributed by atoms with Gasteiger partial charge in [0, 0.05) is 6.54 Å². The van der Waals surface area contributed by atoms with E-state index in [-0.39, 0.29) is 18.6 Å². The van der Waals surface area contributed by atoms with Crippen LogP contribution in [0.25, 0.3) is 0 Å². The van der Waals surface area contributed by atoms with Crippen molar-refractivity contribution in [1.82, 2.24) is 4.90 Å². The zero-order chi connectivity index (χ0) is 13.7. The van der Waals surface area contributed by atoms with Crippen LogP contribution in [0.2, 0.25) is 0 Å². The number of aliphatic hydroxyl groups is 1. The van der Waals surface area contributed by atoms with Crippen LogP contribution in [0.15, 0.2) is 24.3 Å². The highest BCUT2D eigenvalue weighted by Crippen LogP contribution is 2.21. The van der Waals surface area contributed by atoms with E-state index in [1.165, 1.54) is 0 Å². The van der Waals surface area contributed by atoms with Gasteiger partial charge in [-0.25, -0.2) is 0 Å². The monoisotopic (exact) mass is 264 g/mol. The maximum Gasteiger partial charge on any atom is 0.226 e. The van der Waals surface area contributed by atoms with Gasteiger partial charge in [0.2, 0.25) is 5.91 Å². The molecule has 2 rings (SSSR count).